The predicted octanol–water partition coefficient (Wildman–Crippen LogP) is 0.728. The molecule has 0 aliphatic rings. The largest absolute Gasteiger partial charge is 0.390 e. The second-order valence-electron chi connectivity index (χ2n) is 4.02. The van der Waals surface area contributed by atoms with Crippen LogP contribution in [0.1, 0.15) is 25.8 Å². The van der Waals surface area contributed by atoms with Crippen molar-refractivity contribution in [2.24, 2.45) is 0 Å². The normalized spacial score (nSPS) is 17.1. The fourth-order valence-corrected chi connectivity index (χ4v) is 1.30. The van der Waals surface area contributed by atoms with E-state index in [2.05, 4.69) is 4.98 Å². The van der Waals surface area contributed by atoms with E-state index in [4.69, 9.17) is 5.73 Å². The molecule has 0 radical (unpaired) electrons. The molecule has 0 bridgehead atoms. The monoisotopic (exact) mass is 210 g/mol. The average Bonchev–Trinajstić information content (AvgIpc) is 2.17. The van der Waals surface area contributed by atoms with Crippen LogP contribution in [0.2, 0.25) is 0 Å². The van der Waals surface area contributed by atoms with Gasteiger partial charge in [-0.25, -0.2) is 4.98 Å². The summed E-state index contributed by atoms with van der Waals surface area (Å²) in [4.78, 5) is 3.86. The van der Waals surface area contributed by atoms with Gasteiger partial charge < -0.3 is 15.9 Å². The first-order chi connectivity index (χ1) is 6.95. The topological polar surface area (TPSA) is 79.4 Å². The van der Waals surface area contributed by atoms with Crippen molar-refractivity contribution in [2.75, 3.05) is 5.73 Å². The van der Waals surface area contributed by atoms with Crippen LogP contribution in [0.3, 0.4) is 0 Å². The number of pyridine rings is 1. The number of aliphatic hydroxyl groups excluding tert-OH is 1. The molecule has 1 heterocycles. The zero-order chi connectivity index (χ0) is 11.5. The fourth-order valence-electron chi connectivity index (χ4n) is 1.30. The van der Waals surface area contributed by atoms with Gasteiger partial charge in [0, 0.05) is 12.6 Å². The Morgan fingerprint density at radius 1 is 1.60 bits per heavy atom. The van der Waals surface area contributed by atoms with Gasteiger partial charge in [0.15, 0.2) is 0 Å². The molecule has 0 saturated heterocycles. The van der Waals surface area contributed by atoms with E-state index >= 15 is 0 Å². The van der Waals surface area contributed by atoms with Crippen LogP contribution in [0.15, 0.2) is 18.3 Å². The molecule has 0 spiro atoms. The maximum atomic E-state index is 9.83. The standard InChI is InChI=1S/C11H18N2O2/c1-3-11(2,15)9(14)6-8-4-5-13-10(12)7-8/h4-5,7,9,14-15H,3,6H2,1-2H3,(H2,12,13). The molecule has 4 nitrogen and oxygen atoms in total. The van der Waals surface area contributed by atoms with Crippen molar-refractivity contribution in [1.82, 2.24) is 4.98 Å². The summed E-state index contributed by atoms with van der Waals surface area (Å²) in [6, 6.07) is 3.49. The van der Waals surface area contributed by atoms with Crippen LogP contribution in [0.25, 0.3) is 0 Å². The maximum Gasteiger partial charge on any atom is 0.123 e. The molecule has 84 valence electrons. The van der Waals surface area contributed by atoms with Crippen LogP contribution >= 0.6 is 0 Å². The summed E-state index contributed by atoms with van der Waals surface area (Å²) in [5.41, 5.74) is 5.34. The molecule has 1 aromatic heterocycles. The second kappa shape index (κ2) is 4.59. The van der Waals surface area contributed by atoms with E-state index in [0.717, 1.165) is 5.56 Å². The molecule has 4 heteroatoms. The summed E-state index contributed by atoms with van der Waals surface area (Å²) >= 11 is 0. The summed E-state index contributed by atoms with van der Waals surface area (Å²) in [6.07, 6.45) is 1.70. The summed E-state index contributed by atoms with van der Waals surface area (Å²) in [5, 5.41) is 19.6. The van der Waals surface area contributed by atoms with Crippen molar-refractivity contribution in [3.63, 3.8) is 0 Å². The van der Waals surface area contributed by atoms with E-state index in [-0.39, 0.29) is 0 Å². The summed E-state index contributed by atoms with van der Waals surface area (Å²) < 4.78 is 0. The Morgan fingerprint density at radius 3 is 2.80 bits per heavy atom. The van der Waals surface area contributed by atoms with Crippen LogP contribution in [-0.4, -0.2) is 26.9 Å². The molecule has 1 aromatic rings. The Labute approximate surface area is 89.8 Å². The third-order valence-electron chi connectivity index (χ3n) is 2.71. The smallest absolute Gasteiger partial charge is 0.123 e. The quantitative estimate of drug-likeness (QED) is 0.684. The zero-order valence-electron chi connectivity index (χ0n) is 9.14. The molecule has 0 saturated carbocycles. The van der Waals surface area contributed by atoms with Gasteiger partial charge in [-0.05, 0) is 31.0 Å². The van der Waals surface area contributed by atoms with Gasteiger partial charge >= 0.3 is 0 Å². The number of aromatic nitrogens is 1. The van der Waals surface area contributed by atoms with Crippen LogP contribution in [0.4, 0.5) is 5.82 Å². The van der Waals surface area contributed by atoms with Crippen molar-refractivity contribution < 1.29 is 10.2 Å². The van der Waals surface area contributed by atoms with Gasteiger partial charge in [0.2, 0.25) is 0 Å². The van der Waals surface area contributed by atoms with E-state index in [9.17, 15) is 10.2 Å². The van der Waals surface area contributed by atoms with Crippen molar-refractivity contribution in [3.05, 3.63) is 23.9 Å². The molecular weight excluding hydrogens is 192 g/mol. The molecular formula is C11H18N2O2. The number of hydrogen-bond donors (Lipinski definition) is 3. The molecule has 0 aromatic carbocycles. The minimum Gasteiger partial charge on any atom is -0.390 e. The van der Waals surface area contributed by atoms with Gasteiger partial charge in [-0.2, -0.15) is 0 Å². The van der Waals surface area contributed by atoms with E-state index < -0.39 is 11.7 Å². The number of nitrogens with zero attached hydrogens (tertiary/aromatic N) is 1. The molecule has 2 unspecified atom stereocenters. The molecule has 0 amide bonds. The SMILES string of the molecule is CCC(C)(O)C(O)Cc1ccnc(N)c1. The van der Waals surface area contributed by atoms with Crippen LogP contribution in [-0.2, 0) is 6.42 Å². The van der Waals surface area contributed by atoms with E-state index in [0.29, 0.717) is 18.7 Å². The van der Waals surface area contributed by atoms with E-state index in [1.807, 2.05) is 6.92 Å². The summed E-state index contributed by atoms with van der Waals surface area (Å²) in [6.45, 7) is 3.46. The summed E-state index contributed by atoms with van der Waals surface area (Å²) in [5.74, 6) is 0.427. The molecule has 0 aliphatic carbocycles. The highest BCUT2D eigenvalue weighted by molar-refractivity contribution is 5.32. The van der Waals surface area contributed by atoms with Gasteiger partial charge in [-0.3, -0.25) is 0 Å². The number of nitrogen functional groups attached to an aromatic ring is 1. The Morgan fingerprint density at radius 2 is 2.27 bits per heavy atom. The predicted molar refractivity (Wildman–Crippen MR) is 59.3 cm³/mol. The van der Waals surface area contributed by atoms with Crippen molar-refractivity contribution in [3.8, 4) is 0 Å². The lowest BCUT2D eigenvalue weighted by Gasteiger charge is -2.27. The first-order valence-electron chi connectivity index (χ1n) is 5.06. The van der Waals surface area contributed by atoms with Gasteiger partial charge in [0.1, 0.15) is 5.82 Å². The Bertz CT molecular complexity index is 326. The second-order valence-corrected chi connectivity index (χ2v) is 4.02. The Hall–Kier alpha value is -1.13. The van der Waals surface area contributed by atoms with Crippen LogP contribution in [0, 0.1) is 0 Å². The van der Waals surface area contributed by atoms with Crippen molar-refractivity contribution in [2.45, 2.75) is 38.4 Å². The number of rotatable bonds is 4. The fraction of sp³-hybridized carbons (Fsp3) is 0.545. The van der Waals surface area contributed by atoms with Crippen LogP contribution < -0.4 is 5.73 Å². The molecule has 15 heavy (non-hydrogen) atoms. The van der Waals surface area contributed by atoms with Gasteiger partial charge in [0.05, 0.1) is 11.7 Å². The summed E-state index contributed by atoms with van der Waals surface area (Å²) in [7, 11) is 0. The average molecular weight is 210 g/mol. The molecule has 1 rings (SSSR count). The third-order valence-corrected chi connectivity index (χ3v) is 2.71. The molecule has 0 aliphatic heterocycles. The van der Waals surface area contributed by atoms with Gasteiger partial charge in [-0.15, -0.1) is 0 Å². The highest BCUT2D eigenvalue weighted by Gasteiger charge is 2.28. The number of anilines is 1. The Balaban J connectivity index is 2.70. The maximum absolute atomic E-state index is 9.83. The van der Waals surface area contributed by atoms with Gasteiger partial charge in [0.25, 0.3) is 0 Å². The lowest BCUT2D eigenvalue weighted by Crippen LogP contribution is -2.39. The zero-order valence-corrected chi connectivity index (χ0v) is 9.14. The number of aliphatic hydroxyl groups is 2. The van der Waals surface area contributed by atoms with E-state index in [1.54, 1.807) is 25.3 Å². The minimum atomic E-state index is -1.06. The number of hydrogen-bond acceptors (Lipinski definition) is 4. The lowest BCUT2D eigenvalue weighted by atomic mass is 9.91. The van der Waals surface area contributed by atoms with Crippen molar-refractivity contribution in [1.29, 1.82) is 0 Å². The number of nitrogens with two attached hydrogens (primary N) is 1. The van der Waals surface area contributed by atoms with Gasteiger partial charge in [-0.1, -0.05) is 6.92 Å². The molecule has 0 fully saturated rings. The molecule has 4 N–H and O–H groups in total. The third kappa shape index (κ3) is 3.18. The highest BCUT2D eigenvalue weighted by atomic mass is 16.3. The first-order valence-corrected chi connectivity index (χ1v) is 5.06. The molecule has 2 atom stereocenters. The first kappa shape index (κ1) is 11.9. The minimum absolute atomic E-state index is 0.382. The highest BCUT2D eigenvalue weighted by Crippen LogP contribution is 2.18. The Kier molecular flexibility index (Phi) is 3.66. The lowest BCUT2D eigenvalue weighted by molar-refractivity contribution is -0.0629. The van der Waals surface area contributed by atoms with Crippen LogP contribution in [0.5, 0.6) is 0 Å². The van der Waals surface area contributed by atoms with E-state index in [1.165, 1.54) is 0 Å². The van der Waals surface area contributed by atoms with Crippen molar-refractivity contribution >= 4 is 5.82 Å².